The number of nitrogens with zero attached hydrogens (tertiary/aromatic N) is 1. The van der Waals surface area contributed by atoms with E-state index in [9.17, 15) is 14.4 Å². The van der Waals surface area contributed by atoms with Gasteiger partial charge in [0.25, 0.3) is 5.91 Å². The second-order valence-corrected chi connectivity index (χ2v) is 4.48. The van der Waals surface area contributed by atoms with Crippen molar-refractivity contribution in [3.8, 4) is 0 Å². The zero-order valence-electron chi connectivity index (χ0n) is 11.3. The molecule has 19 heavy (non-hydrogen) atoms. The van der Waals surface area contributed by atoms with Crippen molar-refractivity contribution in [1.82, 2.24) is 16.1 Å². The van der Waals surface area contributed by atoms with Gasteiger partial charge in [0.15, 0.2) is 0 Å². The van der Waals surface area contributed by atoms with E-state index < -0.39 is 0 Å². The van der Waals surface area contributed by atoms with E-state index in [0.717, 1.165) is 6.42 Å². The van der Waals surface area contributed by atoms with Crippen LogP contribution in [0.3, 0.4) is 0 Å². The molecule has 106 valence electrons. The van der Waals surface area contributed by atoms with Crippen molar-refractivity contribution in [3.05, 3.63) is 0 Å². The smallest absolute Gasteiger partial charge is 0.267 e. The maximum absolute atomic E-state index is 11.6. The summed E-state index contributed by atoms with van der Waals surface area (Å²) in [6.07, 6.45) is 1.70. The summed E-state index contributed by atoms with van der Waals surface area (Å²) in [4.78, 5) is 34.0. The number of hydrogen-bond acceptors (Lipinski definition) is 4. The van der Waals surface area contributed by atoms with E-state index in [1.54, 1.807) is 0 Å². The number of carbonyl (C=O) groups excluding carboxylic acids is 3. The highest BCUT2D eigenvalue weighted by atomic mass is 16.2. The van der Waals surface area contributed by atoms with Crippen LogP contribution in [0.1, 0.15) is 39.5 Å². The molecular formula is C12H20N4O3. The van der Waals surface area contributed by atoms with E-state index in [-0.39, 0.29) is 43.1 Å². The van der Waals surface area contributed by atoms with Gasteiger partial charge in [0.2, 0.25) is 11.8 Å². The van der Waals surface area contributed by atoms with Crippen molar-refractivity contribution in [2.75, 3.05) is 6.54 Å². The second-order valence-electron chi connectivity index (χ2n) is 4.48. The van der Waals surface area contributed by atoms with Gasteiger partial charge in [0.1, 0.15) is 5.71 Å². The molecule has 1 aliphatic rings. The van der Waals surface area contributed by atoms with Gasteiger partial charge < -0.3 is 10.6 Å². The first-order valence-corrected chi connectivity index (χ1v) is 6.46. The summed E-state index contributed by atoms with van der Waals surface area (Å²) in [6, 6.07) is 0.140. The molecule has 0 fully saturated rings. The highest BCUT2D eigenvalue weighted by Gasteiger charge is 2.18. The predicted molar refractivity (Wildman–Crippen MR) is 70.3 cm³/mol. The van der Waals surface area contributed by atoms with Crippen LogP contribution in [0.15, 0.2) is 5.10 Å². The molecule has 3 N–H and O–H groups in total. The van der Waals surface area contributed by atoms with Gasteiger partial charge >= 0.3 is 0 Å². The highest BCUT2D eigenvalue weighted by molar-refractivity contribution is 6.39. The van der Waals surface area contributed by atoms with Gasteiger partial charge in [-0.15, -0.1) is 0 Å². The Kier molecular flexibility index (Phi) is 5.98. The predicted octanol–water partition coefficient (Wildman–Crippen LogP) is -0.327. The van der Waals surface area contributed by atoms with E-state index >= 15 is 0 Å². The quantitative estimate of drug-likeness (QED) is 0.615. The minimum absolute atomic E-state index is 0.0893. The fraction of sp³-hybridized carbons (Fsp3) is 0.667. The molecule has 0 radical (unpaired) electrons. The third-order valence-corrected chi connectivity index (χ3v) is 2.82. The van der Waals surface area contributed by atoms with Crippen LogP contribution in [-0.2, 0) is 14.4 Å². The molecule has 0 saturated carbocycles. The summed E-state index contributed by atoms with van der Waals surface area (Å²) in [7, 11) is 0. The molecule has 0 saturated heterocycles. The standard InChI is InChI=1S/C12H20N4O3/c1-3-8(2)14-10(17)6-7-13-12(19)9-4-5-11(18)16-15-9/h8H,3-7H2,1-2H3,(H,13,19)(H,14,17)(H,16,18). The van der Waals surface area contributed by atoms with Crippen LogP contribution in [0.4, 0.5) is 0 Å². The van der Waals surface area contributed by atoms with Crippen molar-refractivity contribution in [1.29, 1.82) is 0 Å². The van der Waals surface area contributed by atoms with Crippen LogP contribution in [0.5, 0.6) is 0 Å². The summed E-state index contributed by atoms with van der Waals surface area (Å²) >= 11 is 0. The Bertz CT molecular complexity index is 392. The summed E-state index contributed by atoms with van der Waals surface area (Å²) in [5, 5.41) is 9.09. The number of nitrogens with one attached hydrogen (secondary N) is 3. The SMILES string of the molecule is CCC(C)NC(=O)CCNC(=O)C1=NNC(=O)CC1. The molecule has 7 nitrogen and oxygen atoms in total. The highest BCUT2D eigenvalue weighted by Crippen LogP contribution is 1.99. The molecule has 0 aliphatic carbocycles. The number of hydrazone groups is 1. The average Bonchev–Trinajstić information content (AvgIpc) is 2.39. The van der Waals surface area contributed by atoms with Crippen molar-refractivity contribution in [2.24, 2.45) is 5.10 Å². The monoisotopic (exact) mass is 268 g/mol. The average molecular weight is 268 g/mol. The van der Waals surface area contributed by atoms with Gasteiger partial charge in [-0.2, -0.15) is 5.10 Å². The van der Waals surface area contributed by atoms with Gasteiger partial charge in [-0.05, 0) is 13.3 Å². The van der Waals surface area contributed by atoms with Crippen molar-refractivity contribution < 1.29 is 14.4 Å². The molecule has 3 amide bonds. The fourth-order valence-corrected chi connectivity index (χ4v) is 1.48. The van der Waals surface area contributed by atoms with Gasteiger partial charge in [0, 0.05) is 31.8 Å². The van der Waals surface area contributed by atoms with Gasteiger partial charge in [-0.25, -0.2) is 5.43 Å². The zero-order valence-corrected chi connectivity index (χ0v) is 11.3. The lowest BCUT2D eigenvalue weighted by atomic mass is 10.1. The maximum Gasteiger partial charge on any atom is 0.267 e. The third-order valence-electron chi connectivity index (χ3n) is 2.82. The minimum Gasteiger partial charge on any atom is -0.354 e. The van der Waals surface area contributed by atoms with Crippen LogP contribution in [0.2, 0.25) is 0 Å². The molecule has 7 heteroatoms. The first-order chi connectivity index (χ1) is 9.02. The molecule has 1 rings (SSSR count). The van der Waals surface area contributed by atoms with Gasteiger partial charge in [0.05, 0.1) is 0 Å². The Labute approximate surface area is 112 Å². The fourth-order valence-electron chi connectivity index (χ4n) is 1.48. The summed E-state index contributed by atoms with van der Waals surface area (Å²) in [5.74, 6) is -0.616. The molecule has 1 unspecified atom stereocenters. The largest absolute Gasteiger partial charge is 0.354 e. The van der Waals surface area contributed by atoms with E-state index in [4.69, 9.17) is 0 Å². The molecule has 0 aromatic rings. The number of amides is 3. The zero-order chi connectivity index (χ0) is 14.3. The molecular weight excluding hydrogens is 248 g/mol. The third kappa shape index (κ3) is 5.50. The van der Waals surface area contributed by atoms with E-state index in [1.807, 2.05) is 13.8 Å². The molecule has 1 aliphatic heterocycles. The van der Waals surface area contributed by atoms with E-state index in [2.05, 4.69) is 21.2 Å². The van der Waals surface area contributed by atoms with E-state index in [1.165, 1.54) is 0 Å². The lowest BCUT2D eigenvalue weighted by Gasteiger charge is -2.13. The lowest BCUT2D eigenvalue weighted by Crippen LogP contribution is -2.39. The minimum atomic E-state index is -0.337. The topological polar surface area (TPSA) is 99.7 Å². The first-order valence-electron chi connectivity index (χ1n) is 6.46. The molecule has 0 aromatic heterocycles. The number of rotatable bonds is 6. The Balaban J connectivity index is 2.24. The van der Waals surface area contributed by atoms with Gasteiger partial charge in [-0.1, -0.05) is 6.92 Å². The molecule has 0 bridgehead atoms. The molecule has 1 heterocycles. The molecule has 0 spiro atoms. The molecule has 0 aromatic carbocycles. The van der Waals surface area contributed by atoms with Crippen LogP contribution < -0.4 is 16.1 Å². The van der Waals surface area contributed by atoms with Crippen LogP contribution in [-0.4, -0.2) is 36.0 Å². The Morgan fingerprint density at radius 2 is 2.16 bits per heavy atom. The second kappa shape index (κ2) is 7.50. The number of hydrogen-bond donors (Lipinski definition) is 3. The lowest BCUT2D eigenvalue weighted by molar-refractivity contribution is -0.122. The van der Waals surface area contributed by atoms with E-state index in [0.29, 0.717) is 12.1 Å². The van der Waals surface area contributed by atoms with Crippen molar-refractivity contribution >= 4 is 23.4 Å². The molecule has 1 atom stereocenters. The van der Waals surface area contributed by atoms with Crippen LogP contribution in [0.25, 0.3) is 0 Å². The van der Waals surface area contributed by atoms with Crippen LogP contribution in [0, 0.1) is 0 Å². The Hall–Kier alpha value is -1.92. The Morgan fingerprint density at radius 3 is 2.74 bits per heavy atom. The first kappa shape index (κ1) is 15.1. The van der Waals surface area contributed by atoms with Crippen molar-refractivity contribution in [2.45, 2.75) is 45.6 Å². The number of carbonyl (C=O) groups is 3. The Morgan fingerprint density at radius 1 is 1.42 bits per heavy atom. The summed E-state index contributed by atoms with van der Waals surface area (Å²) in [6.45, 7) is 4.17. The normalized spacial score (nSPS) is 16.1. The van der Waals surface area contributed by atoms with Gasteiger partial charge in [-0.3, -0.25) is 14.4 Å². The maximum atomic E-state index is 11.6. The van der Waals surface area contributed by atoms with Crippen LogP contribution >= 0.6 is 0 Å². The summed E-state index contributed by atoms with van der Waals surface area (Å²) < 4.78 is 0. The van der Waals surface area contributed by atoms with Crippen molar-refractivity contribution in [3.63, 3.8) is 0 Å². The summed E-state index contributed by atoms with van der Waals surface area (Å²) in [5.41, 5.74) is 2.55.